The molecule has 1 aliphatic carbocycles. The Morgan fingerprint density at radius 3 is 2.38 bits per heavy atom. The van der Waals surface area contributed by atoms with Crippen LogP contribution in [0.4, 0.5) is 8.78 Å². The molecule has 0 amide bonds. The molecular formula is C25H22F2O2. The van der Waals surface area contributed by atoms with E-state index >= 15 is 0 Å². The smallest absolute Gasteiger partial charge is 0.133 e. The zero-order chi connectivity index (χ0) is 20.2. The van der Waals surface area contributed by atoms with E-state index in [1.165, 1.54) is 12.1 Å². The molecule has 0 saturated heterocycles. The van der Waals surface area contributed by atoms with Gasteiger partial charge in [-0.25, -0.2) is 8.78 Å². The van der Waals surface area contributed by atoms with Crippen molar-refractivity contribution in [3.05, 3.63) is 101 Å². The Morgan fingerprint density at radius 1 is 0.897 bits per heavy atom. The molecule has 0 radical (unpaired) electrons. The molecule has 4 heteroatoms. The summed E-state index contributed by atoms with van der Waals surface area (Å²) in [4.78, 5) is 0. The zero-order valence-corrected chi connectivity index (χ0v) is 16.3. The van der Waals surface area contributed by atoms with E-state index in [9.17, 15) is 8.78 Å². The molecule has 0 fully saturated rings. The fourth-order valence-electron chi connectivity index (χ4n) is 3.66. The highest BCUT2D eigenvalue weighted by atomic mass is 19.1. The first-order chi connectivity index (χ1) is 14.1. The van der Waals surface area contributed by atoms with Gasteiger partial charge in [-0.1, -0.05) is 42.5 Å². The number of allylic oxidation sites excluding steroid dienone is 2. The highest BCUT2D eigenvalue weighted by Crippen LogP contribution is 2.33. The third kappa shape index (κ3) is 4.32. The fraction of sp³-hybridized carbons (Fsp3) is 0.200. The van der Waals surface area contributed by atoms with Gasteiger partial charge in [0.2, 0.25) is 0 Å². The number of methoxy groups -OCH3 is 1. The van der Waals surface area contributed by atoms with E-state index in [2.05, 4.69) is 6.08 Å². The van der Waals surface area contributed by atoms with Crippen molar-refractivity contribution < 1.29 is 18.3 Å². The first-order valence-electron chi connectivity index (χ1n) is 9.65. The lowest BCUT2D eigenvalue weighted by molar-refractivity contribution is 0.302. The van der Waals surface area contributed by atoms with E-state index in [1.54, 1.807) is 7.11 Å². The van der Waals surface area contributed by atoms with Crippen molar-refractivity contribution in [2.45, 2.75) is 25.9 Å². The van der Waals surface area contributed by atoms with Gasteiger partial charge in [0, 0.05) is 24.1 Å². The normalized spacial score (nSPS) is 12.9. The van der Waals surface area contributed by atoms with Crippen LogP contribution in [0, 0.1) is 11.6 Å². The Morgan fingerprint density at radius 2 is 1.66 bits per heavy atom. The molecule has 4 rings (SSSR count). The van der Waals surface area contributed by atoms with E-state index in [0.29, 0.717) is 0 Å². The number of halogens is 2. The van der Waals surface area contributed by atoms with E-state index in [4.69, 9.17) is 9.47 Å². The topological polar surface area (TPSA) is 18.5 Å². The number of hydrogen-bond acceptors (Lipinski definition) is 2. The Labute approximate surface area is 169 Å². The average molecular weight is 392 g/mol. The highest BCUT2D eigenvalue weighted by Gasteiger charge is 2.19. The van der Waals surface area contributed by atoms with Gasteiger partial charge < -0.3 is 9.47 Å². The molecule has 0 aliphatic heterocycles. The number of aryl methyl sites for hydroxylation is 1. The van der Waals surface area contributed by atoms with Crippen molar-refractivity contribution in [2.24, 2.45) is 0 Å². The van der Waals surface area contributed by atoms with Gasteiger partial charge in [-0.3, -0.25) is 0 Å². The summed E-state index contributed by atoms with van der Waals surface area (Å²) in [5, 5.41) is 0. The number of fused-ring (bicyclic) bond motifs is 1. The van der Waals surface area contributed by atoms with Crippen molar-refractivity contribution in [2.75, 3.05) is 7.11 Å². The van der Waals surface area contributed by atoms with Gasteiger partial charge in [0.15, 0.2) is 0 Å². The molecule has 0 spiro atoms. The third-order valence-electron chi connectivity index (χ3n) is 5.19. The summed E-state index contributed by atoms with van der Waals surface area (Å²) in [5.74, 6) is -0.193. The number of rotatable bonds is 6. The van der Waals surface area contributed by atoms with Crippen LogP contribution in [0.15, 0.2) is 66.7 Å². The lowest BCUT2D eigenvalue weighted by atomic mass is 9.87. The molecule has 0 atom stereocenters. The average Bonchev–Trinajstić information content (AvgIpc) is 2.75. The molecule has 148 valence electrons. The number of benzene rings is 3. The minimum Gasteiger partial charge on any atom is -0.497 e. The molecule has 0 N–H and O–H groups in total. The van der Waals surface area contributed by atoms with Crippen LogP contribution < -0.4 is 9.47 Å². The summed E-state index contributed by atoms with van der Waals surface area (Å²) in [7, 11) is 1.63. The number of hydrogen-bond donors (Lipinski definition) is 0. The molecular weight excluding hydrogens is 370 g/mol. The van der Waals surface area contributed by atoms with E-state index in [1.807, 2.05) is 48.5 Å². The Kier molecular flexibility index (Phi) is 5.61. The molecule has 0 heterocycles. The lowest BCUT2D eigenvalue weighted by Gasteiger charge is -2.19. The van der Waals surface area contributed by atoms with Crippen molar-refractivity contribution >= 4 is 5.57 Å². The molecule has 0 unspecified atom stereocenters. The fourth-order valence-corrected chi connectivity index (χ4v) is 3.66. The van der Waals surface area contributed by atoms with Crippen LogP contribution >= 0.6 is 0 Å². The third-order valence-corrected chi connectivity index (χ3v) is 5.19. The SMILES string of the molecule is COc1ccc2c(c1)CCC=C2Cc1c(F)cc(OCc2ccccc2)cc1F. The summed E-state index contributed by atoms with van der Waals surface area (Å²) in [5.41, 5.74) is 4.11. The van der Waals surface area contributed by atoms with Crippen LogP contribution in [-0.2, 0) is 19.4 Å². The second-order valence-electron chi connectivity index (χ2n) is 7.11. The monoisotopic (exact) mass is 392 g/mol. The van der Waals surface area contributed by atoms with E-state index < -0.39 is 11.6 Å². The van der Waals surface area contributed by atoms with Crippen LogP contribution in [-0.4, -0.2) is 7.11 Å². The van der Waals surface area contributed by atoms with E-state index in [-0.39, 0.29) is 24.3 Å². The van der Waals surface area contributed by atoms with Crippen molar-refractivity contribution in [3.8, 4) is 11.5 Å². The van der Waals surface area contributed by atoms with Crippen LogP contribution in [0.3, 0.4) is 0 Å². The summed E-state index contributed by atoms with van der Waals surface area (Å²) in [6, 6.07) is 17.9. The van der Waals surface area contributed by atoms with Crippen LogP contribution in [0.25, 0.3) is 5.57 Å². The predicted octanol–water partition coefficient (Wildman–Crippen LogP) is 6.12. The molecule has 0 saturated carbocycles. The predicted molar refractivity (Wildman–Crippen MR) is 110 cm³/mol. The highest BCUT2D eigenvalue weighted by molar-refractivity contribution is 5.72. The van der Waals surface area contributed by atoms with Crippen molar-refractivity contribution in [1.82, 2.24) is 0 Å². The van der Waals surface area contributed by atoms with Gasteiger partial charge in [-0.2, -0.15) is 0 Å². The van der Waals surface area contributed by atoms with Crippen molar-refractivity contribution in [3.63, 3.8) is 0 Å². The second kappa shape index (κ2) is 8.48. The summed E-state index contributed by atoms with van der Waals surface area (Å²) in [6.07, 6.45) is 4.01. The maximum absolute atomic E-state index is 14.7. The number of ether oxygens (including phenoxy) is 2. The van der Waals surface area contributed by atoms with Crippen LogP contribution in [0.2, 0.25) is 0 Å². The molecule has 29 heavy (non-hydrogen) atoms. The van der Waals surface area contributed by atoms with Gasteiger partial charge in [0.1, 0.15) is 29.7 Å². The van der Waals surface area contributed by atoms with Gasteiger partial charge in [0.05, 0.1) is 7.11 Å². The van der Waals surface area contributed by atoms with E-state index in [0.717, 1.165) is 40.9 Å². The minimum absolute atomic E-state index is 0.0620. The lowest BCUT2D eigenvalue weighted by Crippen LogP contribution is -2.06. The maximum atomic E-state index is 14.7. The molecule has 0 bridgehead atoms. The first-order valence-corrected chi connectivity index (χ1v) is 9.65. The quantitative estimate of drug-likeness (QED) is 0.503. The Balaban J connectivity index is 1.53. The summed E-state index contributed by atoms with van der Waals surface area (Å²) in [6.45, 7) is 0.263. The second-order valence-corrected chi connectivity index (χ2v) is 7.11. The largest absolute Gasteiger partial charge is 0.497 e. The summed E-state index contributed by atoms with van der Waals surface area (Å²) < 4.78 is 40.3. The van der Waals surface area contributed by atoms with Gasteiger partial charge >= 0.3 is 0 Å². The molecule has 0 aromatic heterocycles. The molecule has 3 aromatic rings. The Hall–Kier alpha value is -3.14. The molecule has 3 aromatic carbocycles. The van der Waals surface area contributed by atoms with Crippen molar-refractivity contribution in [1.29, 1.82) is 0 Å². The standard InChI is InChI=1S/C25H22F2O2/c1-28-20-10-11-22-18(12-20)8-5-9-19(22)13-23-24(26)14-21(15-25(23)27)29-16-17-6-3-2-4-7-17/h2-4,6-7,9-12,14-15H,5,8,13,16H2,1H3. The van der Waals surface area contributed by atoms with Gasteiger partial charge in [-0.15, -0.1) is 0 Å². The van der Waals surface area contributed by atoms with Crippen LogP contribution in [0.5, 0.6) is 11.5 Å². The van der Waals surface area contributed by atoms with Gasteiger partial charge in [-0.05, 0) is 47.2 Å². The Bertz CT molecular complexity index is 1020. The summed E-state index contributed by atoms with van der Waals surface area (Å²) >= 11 is 0. The maximum Gasteiger partial charge on any atom is 0.133 e. The molecule has 2 nitrogen and oxygen atoms in total. The van der Waals surface area contributed by atoms with Gasteiger partial charge in [0.25, 0.3) is 0 Å². The zero-order valence-electron chi connectivity index (χ0n) is 16.3. The first kappa shape index (κ1) is 19.2. The van der Waals surface area contributed by atoms with Crippen LogP contribution in [0.1, 0.15) is 28.7 Å². The molecule has 1 aliphatic rings. The minimum atomic E-state index is -0.588.